The van der Waals surface area contributed by atoms with Crippen molar-refractivity contribution in [3.8, 4) is 11.5 Å². The van der Waals surface area contributed by atoms with Gasteiger partial charge in [-0.15, -0.1) is 0 Å². The third-order valence-electron chi connectivity index (χ3n) is 2.58. The Morgan fingerprint density at radius 1 is 1.18 bits per heavy atom. The van der Waals surface area contributed by atoms with Gasteiger partial charge in [0.2, 0.25) is 0 Å². The lowest BCUT2D eigenvalue weighted by molar-refractivity contribution is 0.469. The van der Waals surface area contributed by atoms with Gasteiger partial charge in [-0.1, -0.05) is 13.8 Å². The van der Waals surface area contributed by atoms with Crippen LogP contribution in [0.1, 0.15) is 25.2 Å². The van der Waals surface area contributed by atoms with Gasteiger partial charge in [-0.2, -0.15) is 5.10 Å². The van der Waals surface area contributed by atoms with E-state index in [-0.39, 0.29) is 5.82 Å². The summed E-state index contributed by atoms with van der Waals surface area (Å²) >= 11 is 0. The summed E-state index contributed by atoms with van der Waals surface area (Å²) in [5.41, 5.74) is 1.86. The molecule has 90 valence electrons. The van der Waals surface area contributed by atoms with Gasteiger partial charge in [0.1, 0.15) is 17.3 Å². The van der Waals surface area contributed by atoms with Gasteiger partial charge in [-0.3, -0.25) is 5.10 Å². The second-order valence-electron chi connectivity index (χ2n) is 3.74. The first kappa shape index (κ1) is 11.6. The number of nitrogens with one attached hydrogen (secondary N) is 1. The fourth-order valence-corrected chi connectivity index (χ4v) is 1.63. The lowest BCUT2D eigenvalue weighted by Gasteiger charge is -2.06. The molecule has 2 aromatic rings. The minimum atomic E-state index is -0.268. The number of H-pyrrole nitrogens is 1. The quantitative estimate of drug-likeness (QED) is 0.879. The molecule has 0 atom stereocenters. The van der Waals surface area contributed by atoms with Crippen molar-refractivity contribution in [2.24, 2.45) is 0 Å². The molecular formula is C13H15FN2O. The Morgan fingerprint density at radius 3 is 2.47 bits per heavy atom. The standard InChI is InChI=1S/C13H15FN2O/c1-3-11-13(12(4-2)16-15-11)17-10-7-5-9(14)6-8-10/h5-8H,3-4H2,1-2H3,(H,15,16). The van der Waals surface area contributed by atoms with Crippen LogP contribution in [-0.4, -0.2) is 10.2 Å². The van der Waals surface area contributed by atoms with E-state index in [0.29, 0.717) is 5.75 Å². The average Bonchev–Trinajstić information content (AvgIpc) is 2.74. The molecule has 0 aliphatic heterocycles. The van der Waals surface area contributed by atoms with E-state index in [1.165, 1.54) is 12.1 Å². The maximum absolute atomic E-state index is 12.8. The Balaban J connectivity index is 2.28. The van der Waals surface area contributed by atoms with Crippen molar-refractivity contribution in [3.63, 3.8) is 0 Å². The number of rotatable bonds is 4. The molecule has 0 bridgehead atoms. The van der Waals surface area contributed by atoms with Gasteiger partial charge in [-0.05, 0) is 37.1 Å². The van der Waals surface area contributed by atoms with E-state index < -0.39 is 0 Å². The number of hydrogen-bond donors (Lipinski definition) is 1. The first-order valence-corrected chi connectivity index (χ1v) is 5.74. The third kappa shape index (κ3) is 2.46. The summed E-state index contributed by atoms with van der Waals surface area (Å²) in [7, 11) is 0. The van der Waals surface area contributed by atoms with Crippen LogP contribution in [0.2, 0.25) is 0 Å². The van der Waals surface area contributed by atoms with E-state index in [1.54, 1.807) is 12.1 Å². The van der Waals surface area contributed by atoms with Crippen LogP contribution in [0.4, 0.5) is 4.39 Å². The zero-order chi connectivity index (χ0) is 12.3. The normalized spacial score (nSPS) is 10.5. The van der Waals surface area contributed by atoms with E-state index in [4.69, 9.17) is 4.74 Å². The van der Waals surface area contributed by atoms with Gasteiger partial charge >= 0.3 is 0 Å². The highest BCUT2D eigenvalue weighted by Crippen LogP contribution is 2.28. The molecule has 0 saturated heterocycles. The van der Waals surface area contributed by atoms with Crippen molar-refractivity contribution in [1.29, 1.82) is 0 Å². The largest absolute Gasteiger partial charge is 0.453 e. The summed E-state index contributed by atoms with van der Waals surface area (Å²) in [4.78, 5) is 0. The van der Waals surface area contributed by atoms with E-state index >= 15 is 0 Å². The first-order chi connectivity index (χ1) is 8.24. The second-order valence-corrected chi connectivity index (χ2v) is 3.74. The van der Waals surface area contributed by atoms with Crippen LogP contribution in [0.25, 0.3) is 0 Å². The molecule has 0 aliphatic rings. The highest BCUT2D eigenvalue weighted by atomic mass is 19.1. The summed E-state index contributed by atoms with van der Waals surface area (Å²) in [6.07, 6.45) is 1.62. The predicted octanol–water partition coefficient (Wildman–Crippen LogP) is 3.47. The molecule has 4 heteroatoms. The van der Waals surface area contributed by atoms with Crippen LogP contribution < -0.4 is 4.74 Å². The molecule has 17 heavy (non-hydrogen) atoms. The summed E-state index contributed by atoms with van der Waals surface area (Å²) < 4.78 is 18.5. The molecule has 0 fully saturated rings. The van der Waals surface area contributed by atoms with Crippen LogP contribution in [0, 0.1) is 5.82 Å². The van der Waals surface area contributed by atoms with E-state index in [2.05, 4.69) is 10.2 Å². The number of hydrogen-bond acceptors (Lipinski definition) is 2. The molecule has 1 aromatic carbocycles. The van der Waals surface area contributed by atoms with Crippen LogP contribution in [0.5, 0.6) is 11.5 Å². The highest BCUT2D eigenvalue weighted by Gasteiger charge is 2.12. The molecule has 1 aromatic heterocycles. The van der Waals surface area contributed by atoms with Gasteiger partial charge in [-0.25, -0.2) is 4.39 Å². The van der Waals surface area contributed by atoms with Crippen molar-refractivity contribution in [2.45, 2.75) is 26.7 Å². The zero-order valence-corrected chi connectivity index (χ0v) is 9.96. The van der Waals surface area contributed by atoms with Crippen molar-refractivity contribution in [2.75, 3.05) is 0 Å². The van der Waals surface area contributed by atoms with Crippen molar-refractivity contribution < 1.29 is 9.13 Å². The lowest BCUT2D eigenvalue weighted by Crippen LogP contribution is -1.91. The Morgan fingerprint density at radius 2 is 1.88 bits per heavy atom. The number of aromatic nitrogens is 2. The summed E-state index contributed by atoms with van der Waals surface area (Å²) in [5, 5.41) is 7.15. The summed E-state index contributed by atoms with van der Waals surface area (Å²) in [6, 6.07) is 5.99. The minimum Gasteiger partial charge on any atom is -0.453 e. The maximum atomic E-state index is 12.8. The van der Waals surface area contributed by atoms with Gasteiger partial charge < -0.3 is 4.74 Å². The molecular weight excluding hydrogens is 219 g/mol. The van der Waals surface area contributed by atoms with Gasteiger partial charge in [0.25, 0.3) is 0 Å². The van der Waals surface area contributed by atoms with Gasteiger partial charge in [0, 0.05) is 0 Å². The average molecular weight is 234 g/mol. The number of ether oxygens (including phenoxy) is 1. The van der Waals surface area contributed by atoms with Crippen molar-refractivity contribution >= 4 is 0 Å². The molecule has 0 radical (unpaired) electrons. The van der Waals surface area contributed by atoms with E-state index in [0.717, 1.165) is 30.0 Å². The van der Waals surface area contributed by atoms with E-state index in [9.17, 15) is 4.39 Å². The summed E-state index contributed by atoms with van der Waals surface area (Å²) in [5.74, 6) is 1.12. The van der Waals surface area contributed by atoms with Crippen LogP contribution in [0.3, 0.4) is 0 Å². The molecule has 0 amide bonds. The number of aromatic amines is 1. The number of nitrogens with zero attached hydrogens (tertiary/aromatic N) is 1. The third-order valence-corrected chi connectivity index (χ3v) is 2.58. The van der Waals surface area contributed by atoms with Gasteiger partial charge in [0.05, 0.1) is 5.69 Å². The van der Waals surface area contributed by atoms with Crippen LogP contribution in [-0.2, 0) is 12.8 Å². The topological polar surface area (TPSA) is 37.9 Å². The maximum Gasteiger partial charge on any atom is 0.171 e. The molecule has 2 rings (SSSR count). The Kier molecular flexibility index (Phi) is 3.42. The first-order valence-electron chi connectivity index (χ1n) is 5.74. The Hall–Kier alpha value is -1.84. The molecule has 3 nitrogen and oxygen atoms in total. The van der Waals surface area contributed by atoms with E-state index in [1.807, 2.05) is 13.8 Å². The van der Waals surface area contributed by atoms with Crippen LogP contribution >= 0.6 is 0 Å². The number of aryl methyl sites for hydroxylation is 2. The predicted molar refractivity (Wildman–Crippen MR) is 63.8 cm³/mol. The monoisotopic (exact) mass is 234 g/mol. The lowest BCUT2D eigenvalue weighted by atomic mass is 10.2. The van der Waals surface area contributed by atoms with Crippen molar-refractivity contribution in [1.82, 2.24) is 10.2 Å². The smallest absolute Gasteiger partial charge is 0.171 e. The SMILES string of the molecule is CCc1n[nH]c(CC)c1Oc1ccc(F)cc1. The number of halogens is 1. The Labute approximate surface area is 99.6 Å². The fraction of sp³-hybridized carbons (Fsp3) is 0.308. The molecule has 0 spiro atoms. The highest BCUT2D eigenvalue weighted by molar-refractivity contribution is 5.38. The minimum absolute atomic E-state index is 0.268. The van der Waals surface area contributed by atoms with Gasteiger partial charge in [0.15, 0.2) is 5.75 Å². The fourth-order valence-electron chi connectivity index (χ4n) is 1.63. The molecule has 1 heterocycles. The molecule has 1 N–H and O–H groups in total. The Bertz CT molecular complexity index is 469. The summed E-state index contributed by atoms with van der Waals surface area (Å²) in [6.45, 7) is 4.05. The zero-order valence-electron chi connectivity index (χ0n) is 9.96. The van der Waals surface area contributed by atoms with Crippen molar-refractivity contribution in [3.05, 3.63) is 41.5 Å². The molecule has 0 aliphatic carbocycles. The van der Waals surface area contributed by atoms with Crippen LogP contribution in [0.15, 0.2) is 24.3 Å². The molecule has 0 saturated carbocycles. The number of benzene rings is 1. The second kappa shape index (κ2) is 4.99. The molecule has 0 unspecified atom stereocenters.